The van der Waals surface area contributed by atoms with Gasteiger partial charge in [0.15, 0.2) is 6.61 Å². The van der Waals surface area contributed by atoms with Gasteiger partial charge in [-0.1, -0.05) is 36.4 Å². The van der Waals surface area contributed by atoms with Gasteiger partial charge in [-0.3, -0.25) is 14.8 Å². The van der Waals surface area contributed by atoms with E-state index in [2.05, 4.69) is 44.7 Å². The van der Waals surface area contributed by atoms with Gasteiger partial charge in [0.05, 0.1) is 24.6 Å². The number of aromatic nitrogens is 2. The first kappa shape index (κ1) is 19.8. The van der Waals surface area contributed by atoms with Crippen LogP contribution in [0.4, 0.5) is 0 Å². The second kappa shape index (κ2) is 8.91. The molecule has 0 atom stereocenters. The molecule has 7 heteroatoms. The Labute approximate surface area is 181 Å². The molecule has 1 aliphatic heterocycles. The molecule has 7 nitrogen and oxygen atoms in total. The van der Waals surface area contributed by atoms with Crippen molar-refractivity contribution in [2.75, 3.05) is 46.0 Å². The average Bonchev–Trinajstić information content (AvgIpc) is 3.38. The first-order valence-electron chi connectivity index (χ1n) is 10.7. The van der Waals surface area contributed by atoms with E-state index in [9.17, 15) is 4.79 Å². The van der Waals surface area contributed by atoms with E-state index in [0.29, 0.717) is 12.3 Å². The molecule has 0 spiro atoms. The number of nitrogens with one attached hydrogen (secondary N) is 2. The van der Waals surface area contributed by atoms with Crippen LogP contribution in [0.25, 0.3) is 22.5 Å². The van der Waals surface area contributed by atoms with E-state index in [1.54, 1.807) is 0 Å². The molecule has 0 saturated carbocycles. The van der Waals surface area contributed by atoms with Crippen LogP contribution in [0.15, 0.2) is 48.5 Å². The molecule has 0 bridgehead atoms. The monoisotopic (exact) mass is 418 g/mol. The van der Waals surface area contributed by atoms with E-state index in [1.807, 2.05) is 24.3 Å². The van der Waals surface area contributed by atoms with Gasteiger partial charge < -0.3 is 14.8 Å². The Balaban J connectivity index is 1.18. The van der Waals surface area contributed by atoms with Crippen molar-refractivity contribution in [1.82, 2.24) is 20.4 Å². The van der Waals surface area contributed by atoms with Crippen molar-refractivity contribution in [3.05, 3.63) is 59.7 Å². The first-order chi connectivity index (χ1) is 15.3. The summed E-state index contributed by atoms with van der Waals surface area (Å²) >= 11 is 0. The molecule has 5 rings (SSSR count). The van der Waals surface area contributed by atoms with Gasteiger partial charge >= 0.3 is 0 Å². The summed E-state index contributed by atoms with van der Waals surface area (Å²) in [5.41, 5.74) is 6.75. The molecule has 3 aromatic rings. The topological polar surface area (TPSA) is 79.5 Å². The molecule has 2 N–H and O–H groups in total. The van der Waals surface area contributed by atoms with Crippen LogP contribution >= 0.6 is 0 Å². The molecule has 31 heavy (non-hydrogen) atoms. The summed E-state index contributed by atoms with van der Waals surface area (Å²) in [5.74, 6) is 0.544. The highest BCUT2D eigenvalue weighted by Crippen LogP contribution is 2.40. The second-order valence-electron chi connectivity index (χ2n) is 7.88. The lowest BCUT2D eigenvalue weighted by atomic mass is 10.1. The average molecular weight is 418 g/mol. The number of morpholine rings is 1. The Morgan fingerprint density at radius 1 is 1.16 bits per heavy atom. The van der Waals surface area contributed by atoms with Crippen molar-refractivity contribution in [1.29, 1.82) is 0 Å². The molecule has 1 fully saturated rings. The van der Waals surface area contributed by atoms with Crippen LogP contribution in [-0.4, -0.2) is 67.0 Å². The molecule has 0 unspecified atom stereocenters. The fourth-order valence-electron chi connectivity index (χ4n) is 4.22. The van der Waals surface area contributed by atoms with E-state index >= 15 is 0 Å². The molecule has 2 aliphatic rings. The lowest BCUT2D eigenvalue weighted by Crippen LogP contribution is -2.42. The number of aromatic amines is 1. The summed E-state index contributed by atoms with van der Waals surface area (Å²) in [6.07, 6.45) is 0.869. The molecule has 2 aromatic carbocycles. The number of hydrogen-bond acceptors (Lipinski definition) is 5. The fourth-order valence-corrected chi connectivity index (χ4v) is 4.22. The quantitative estimate of drug-likeness (QED) is 0.482. The highest BCUT2D eigenvalue weighted by atomic mass is 16.5. The summed E-state index contributed by atoms with van der Waals surface area (Å²) < 4.78 is 11.1. The maximum atomic E-state index is 12.2. The Kier molecular flexibility index (Phi) is 5.69. The molecule has 2 heterocycles. The summed E-state index contributed by atoms with van der Waals surface area (Å²) in [4.78, 5) is 14.4. The second-order valence-corrected chi connectivity index (χ2v) is 7.88. The van der Waals surface area contributed by atoms with Gasteiger partial charge in [0, 0.05) is 49.3 Å². The smallest absolute Gasteiger partial charge is 0.257 e. The summed E-state index contributed by atoms with van der Waals surface area (Å²) in [6.45, 7) is 4.80. The SMILES string of the molecule is O=C(COc1cccc(-c2n[nH]c3c2Cc2ccccc2-3)c1)NCCN1CCOCC1. The Bertz CT molecular complexity index is 1070. The van der Waals surface area contributed by atoms with Crippen molar-refractivity contribution in [3.8, 4) is 28.3 Å². The standard InChI is InChI=1S/C24H26N4O3/c29-22(25-8-9-28-10-12-30-13-11-28)16-31-19-6-3-5-18(14-19)23-21-15-17-4-1-2-7-20(17)24(21)27-26-23/h1-7,14H,8-13,15-16H2,(H,25,29)(H,26,27). The van der Waals surface area contributed by atoms with E-state index in [0.717, 1.165) is 56.2 Å². The molecule has 1 saturated heterocycles. The van der Waals surface area contributed by atoms with Crippen LogP contribution in [-0.2, 0) is 16.0 Å². The number of carbonyl (C=O) groups excluding carboxylic acids is 1. The zero-order chi connectivity index (χ0) is 21.0. The normalized spacial score (nSPS) is 15.4. The third kappa shape index (κ3) is 4.33. The molecule has 1 aliphatic carbocycles. The largest absolute Gasteiger partial charge is 0.484 e. The number of rotatable bonds is 7. The highest BCUT2D eigenvalue weighted by Gasteiger charge is 2.24. The number of benzene rings is 2. The zero-order valence-electron chi connectivity index (χ0n) is 17.4. The number of hydrogen-bond donors (Lipinski definition) is 2. The van der Waals surface area contributed by atoms with E-state index < -0.39 is 0 Å². The maximum Gasteiger partial charge on any atom is 0.257 e. The van der Waals surface area contributed by atoms with Crippen molar-refractivity contribution in [2.45, 2.75) is 6.42 Å². The Morgan fingerprint density at radius 2 is 2.03 bits per heavy atom. The van der Waals surface area contributed by atoms with Gasteiger partial charge in [-0.15, -0.1) is 0 Å². The number of amides is 1. The van der Waals surface area contributed by atoms with Crippen molar-refractivity contribution >= 4 is 5.91 Å². The minimum absolute atomic E-state index is 0.00330. The number of fused-ring (bicyclic) bond motifs is 3. The van der Waals surface area contributed by atoms with Crippen molar-refractivity contribution < 1.29 is 14.3 Å². The minimum atomic E-state index is -0.116. The van der Waals surface area contributed by atoms with Crippen LogP contribution in [0.1, 0.15) is 11.1 Å². The Hall–Kier alpha value is -3.16. The van der Waals surface area contributed by atoms with Crippen LogP contribution in [0, 0.1) is 0 Å². The third-order valence-corrected chi connectivity index (χ3v) is 5.85. The molecule has 1 amide bonds. The van der Waals surface area contributed by atoms with Gasteiger partial charge in [-0.2, -0.15) is 5.10 Å². The predicted molar refractivity (Wildman–Crippen MR) is 118 cm³/mol. The molecular weight excluding hydrogens is 392 g/mol. The van der Waals surface area contributed by atoms with Gasteiger partial charge in [0.2, 0.25) is 0 Å². The fraction of sp³-hybridized carbons (Fsp3) is 0.333. The number of nitrogens with zero attached hydrogens (tertiary/aromatic N) is 2. The predicted octanol–water partition coefficient (Wildman–Crippen LogP) is 2.48. The summed E-state index contributed by atoms with van der Waals surface area (Å²) in [7, 11) is 0. The third-order valence-electron chi connectivity index (χ3n) is 5.85. The van der Waals surface area contributed by atoms with Crippen LogP contribution in [0.5, 0.6) is 5.75 Å². The van der Waals surface area contributed by atoms with Gasteiger partial charge in [-0.25, -0.2) is 0 Å². The maximum absolute atomic E-state index is 12.2. The number of ether oxygens (including phenoxy) is 2. The lowest BCUT2D eigenvalue weighted by molar-refractivity contribution is -0.123. The molecule has 0 radical (unpaired) electrons. The number of H-pyrrole nitrogens is 1. The van der Waals surface area contributed by atoms with Gasteiger partial charge in [0.25, 0.3) is 5.91 Å². The zero-order valence-corrected chi connectivity index (χ0v) is 17.4. The Morgan fingerprint density at radius 3 is 2.94 bits per heavy atom. The first-order valence-corrected chi connectivity index (χ1v) is 10.7. The van der Waals surface area contributed by atoms with E-state index in [4.69, 9.17) is 9.47 Å². The summed E-state index contributed by atoms with van der Waals surface area (Å²) in [5, 5.41) is 10.7. The lowest BCUT2D eigenvalue weighted by Gasteiger charge is -2.26. The van der Waals surface area contributed by atoms with Gasteiger partial charge in [0.1, 0.15) is 5.75 Å². The van der Waals surface area contributed by atoms with Gasteiger partial charge in [-0.05, 0) is 17.7 Å². The van der Waals surface area contributed by atoms with Crippen LogP contribution in [0.3, 0.4) is 0 Å². The molecule has 1 aromatic heterocycles. The van der Waals surface area contributed by atoms with Crippen molar-refractivity contribution in [2.24, 2.45) is 0 Å². The molecule has 160 valence electrons. The van der Waals surface area contributed by atoms with Crippen LogP contribution in [0.2, 0.25) is 0 Å². The highest BCUT2D eigenvalue weighted by molar-refractivity contribution is 5.81. The summed E-state index contributed by atoms with van der Waals surface area (Å²) in [6, 6.07) is 16.2. The van der Waals surface area contributed by atoms with Crippen molar-refractivity contribution in [3.63, 3.8) is 0 Å². The minimum Gasteiger partial charge on any atom is -0.484 e. The van der Waals surface area contributed by atoms with E-state index in [-0.39, 0.29) is 12.5 Å². The van der Waals surface area contributed by atoms with E-state index in [1.165, 1.54) is 16.7 Å². The van der Waals surface area contributed by atoms with Crippen LogP contribution < -0.4 is 10.1 Å². The number of carbonyl (C=O) groups is 1. The molecular formula is C24H26N4O3.